The lowest BCUT2D eigenvalue weighted by Gasteiger charge is -2.33. The van der Waals surface area contributed by atoms with Crippen molar-refractivity contribution in [1.82, 2.24) is 10.2 Å². The standard InChI is InChI=1S/C26H35N3O3.HI/c1-3-27-26(29-16-14-24(15-17-29)25(30)32-4-2)28-18-21-10-12-23(13-11-21)20-31-19-22-8-6-5-7-9-22;/h5-13,24H,3-4,14-20H2,1-2H3,(H,27,28);1H. The topological polar surface area (TPSA) is 63.2 Å². The Bertz CT molecular complexity index is 851. The highest BCUT2D eigenvalue weighted by Gasteiger charge is 2.27. The zero-order chi connectivity index (χ0) is 22.6. The van der Waals surface area contributed by atoms with Crippen molar-refractivity contribution in [3.63, 3.8) is 0 Å². The molecule has 1 aliphatic heterocycles. The molecular weight excluding hydrogens is 529 g/mol. The lowest BCUT2D eigenvalue weighted by Crippen LogP contribution is -2.46. The number of hydrogen-bond donors (Lipinski definition) is 1. The Hall–Kier alpha value is -2.13. The Morgan fingerprint density at radius 1 is 0.970 bits per heavy atom. The van der Waals surface area contributed by atoms with Crippen LogP contribution in [0.1, 0.15) is 43.4 Å². The number of nitrogens with one attached hydrogen (secondary N) is 1. The van der Waals surface area contributed by atoms with Crippen LogP contribution in [0.4, 0.5) is 0 Å². The van der Waals surface area contributed by atoms with E-state index in [1.807, 2.05) is 25.1 Å². The van der Waals surface area contributed by atoms with Gasteiger partial charge < -0.3 is 19.7 Å². The number of piperidine rings is 1. The number of likely N-dealkylation sites (tertiary alicyclic amines) is 1. The smallest absolute Gasteiger partial charge is 0.309 e. The summed E-state index contributed by atoms with van der Waals surface area (Å²) in [5.74, 6) is 0.845. The molecule has 7 heteroatoms. The summed E-state index contributed by atoms with van der Waals surface area (Å²) in [6, 6.07) is 18.6. The molecule has 1 fully saturated rings. The van der Waals surface area contributed by atoms with E-state index in [0.717, 1.165) is 49.6 Å². The predicted octanol–water partition coefficient (Wildman–Crippen LogP) is 4.76. The number of aliphatic imine (C=N–C) groups is 1. The van der Waals surface area contributed by atoms with Crippen LogP contribution in [0, 0.1) is 5.92 Å². The van der Waals surface area contributed by atoms with Crippen LogP contribution in [0.3, 0.4) is 0 Å². The summed E-state index contributed by atoms with van der Waals surface area (Å²) >= 11 is 0. The minimum Gasteiger partial charge on any atom is -0.466 e. The summed E-state index contributed by atoms with van der Waals surface area (Å²) in [5, 5.41) is 3.39. The van der Waals surface area contributed by atoms with Gasteiger partial charge in [0.25, 0.3) is 0 Å². The SMILES string of the molecule is CCNC(=NCc1ccc(COCc2ccccc2)cc1)N1CCC(C(=O)OCC)CC1.I. The van der Waals surface area contributed by atoms with E-state index in [1.165, 1.54) is 5.56 Å². The molecule has 1 N–H and O–H groups in total. The van der Waals surface area contributed by atoms with Crippen LogP contribution >= 0.6 is 24.0 Å². The van der Waals surface area contributed by atoms with Gasteiger partial charge in [-0.05, 0) is 43.4 Å². The fraction of sp³-hybridized carbons (Fsp3) is 0.462. The van der Waals surface area contributed by atoms with E-state index in [-0.39, 0.29) is 35.9 Å². The van der Waals surface area contributed by atoms with Gasteiger partial charge in [0.15, 0.2) is 5.96 Å². The fourth-order valence-corrected chi connectivity index (χ4v) is 3.78. The van der Waals surface area contributed by atoms with Crippen molar-refractivity contribution in [1.29, 1.82) is 0 Å². The second-order valence-electron chi connectivity index (χ2n) is 7.98. The Labute approximate surface area is 214 Å². The Morgan fingerprint density at radius 3 is 2.18 bits per heavy atom. The van der Waals surface area contributed by atoms with Crippen LogP contribution in [0.25, 0.3) is 0 Å². The lowest BCUT2D eigenvalue weighted by molar-refractivity contribution is -0.149. The van der Waals surface area contributed by atoms with Crippen LogP contribution in [0.5, 0.6) is 0 Å². The molecule has 6 nitrogen and oxygen atoms in total. The molecule has 0 unspecified atom stereocenters. The number of esters is 1. The summed E-state index contributed by atoms with van der Waals surface area (Å²) in [4.78, 5) is 19.1. The highest BCUT2D eigenvalue weighted by atomic mass is 127. The van der Waals surface area contributed by atoms with Gasteiger partial charge in [0.1, 0.15) is 0 Å². The minimum absolute atomic E-state index is 0. The van der Waals surface area contributed by atoms with E-state index in [4.69, 9.17) is 14.5 Å². The van der Waals surface area contributed by atoms with Crippen molar-refractivity contribution >= 4 is 35.9 Å². The minimum atomic E-state index is -0.0677. The molecular formula is C26H36IN3O3. The Kier molecular flexibility index (Phi) is 12.2. The van der Waals surface area contributed by atoms with Gasteiger partial charge in [-0.2, -0.15) is 0 Å². The quantitative estimate of drug-likeness (QED) is 0.206. The van der Waals surface area contributed by atoms with Gasteiger partial charge in [-0.3, -0.25) is 4.79 Å². The van der Waals surface area contributed by atoms with Gasteiger partial charge in [0, 0.05) is 19.6 Å². The maximum atomic E-state index is 12.0. The molecule has 1 aliphatic rings. The van der Waals surface area contributed by atoms with E-state index >= 15 is 0 Å². The molecule has 1 saturated heterocycles. The molecule has 2 aromatic carbocycles. The van der Waals surface area contributed by atoms with Crippen LogP contribution in [0.2, 0.25) is 0 Å². The molecule has 0 aliphatic carbocycles. The van der Waals surface area contributed by atoms with E-state index in [1.54, 1.807) is 0 Å². The zero-order valence-corrected chi connectivity index (χ0v) is 22.0. The van der Waals surface area contributed by atoms with Gasteiger partial charge >= 0.3 is 5.97 Å². The highest BCUT2D eigenvalue weighted by molar-refractivity contribution is 14.0. The zero-order valence-electron chi connectivity index (χ0n) is 19.7. The van der Waals surface area contributed by atoms with Crippen molar-refractivity contribution < 1.29 is 14.3 Å². The normalized spacial score (nSPS) is 14.5. The van der Waals surface area contributed by atoms with Crippen molar-refractivity contribution in [3.05, 3.63) is 71.3 Å². The number of carbonyl (C=O) groups excluding carboxylic acids is 1. The number of ether oxygens (including phenoxy) is 2. The number of carbonyl (C=O) groups is 1. The highest BCUT2D eigenvalue weighted by Crippen LogP contribution is 2.19. The first-order valence-corrected chi connectivity index (χ1v) is 11.6. The molecule has 0 aromatic heterocycles. The summed E-state index contributed by atoms with van der Waals surface area (Å²) in [7, 11) is 0. The molecule has 2 aromatic rings. The first-order valence-electron chi connectivity index (χ1n) is 11.6. The third kappa shape index (κ3) is 8.97. The molecule has 3 rings (SSSR count). The third-order valence-corrected chi connectivity index (χ3v) is 5.56. The fourth-order valence-electron chi connectivity index (χ4n) is 3.78. The van der Waals surface area contributed by atoms with Crippen molar-refractivity contribution in [2.45, 2.75) is 46.4 Å². The van der Waals surface area contributed by atoms with Gasteiger partial charge in [-0.1, -0.05) is 54.6 Å². The maximum absolute atomic E-state index is 12.0. The molecule has 1 heterocycles. The molecule has 33 heavy (non-hydrogen) atoms. The number of nitrogens with zero attached hydrogens (tertiary/aromatic N) is 2. The van der Waals surface area contributed by atoms with Gasteiger partial charge in [0.2, 0.25) is 0 Å². The van der Waals surface area contributed by atoms with Crippen molar-refractivity contribution in [3.8, 4) is 0 Å². The second kappa shape index (κ2) is 14.9. The number of hydrogen-bond acceptors (Lipinski definition) is 4. The molecule has 0 saturated carbocycles. The van der Waals surface area contributed by atoms with E-state index in [9.17, 15) is 4.79 Å². The first-order chi connectivity index (χ1) is 15.7. The largest absolute Gasteiger partial charge is 0.466 e. The van der Waals surface area contributed by atoms with Gasteiger partial charge in [-0.15, -0.1) is 24.0 Å². The van der Waals surface area contributed by atoms with Crippen LogP contribution in [-0.4, -0.2) is 43.1 Å². The average Bonchev–Trinajstić information content (AvgIpc) is 2.83. The van der Waals surface area contributed by atoms with Crippen LogP contribution in [0.15, 0.2) is 59.6 Å². The van der Waals surface area contributed by atoms with E-state index < -0.39 is 0 Å². The third-order valence-electron chi connectivity index (χ3n) is 5.56. The molecule has 0 spiro atoms. The van der Waals surface area contributed by atoms with Crippen LogP contribution < -0.4 is 5.32 Å². The summed E-state index contributed by atoms with van der Waals surface area (Å²) in [6.07, 6.45) is 1.61. The van der Waals surface area contributed by atoms with Gasteiger partial charge in [0.05, 0.1) is 32.3 Å². The van der Waals surface area contributed by atoms with Crippen molar-refractivity contribution in [2.24, 2.45) is 10.9 Å². The molecule has 0 atom stereocenters. The molecule has 0 bridgehead atoms. The summed E-state index contributed by atoms with van der Waals surface area (Å²) in [6.45, 7) is 8.64. The second-order valence-corrected chi connectivity index (χ2v) is 7.98. The lowest BCUT2D eigenvalue weighted by atomic mass is 9.97. The van der Waals surface area contributed by atoms with Gasteiger partial charge in [-0.25, -0.2) is 4.99 Å². The summed E-state index contributed by atoms with van der Waals surface area (Å²) in [5.41, 5.74) is 3.50. The Morgan fingerprint density at radius 2 is 1.58 bits per heavy atom. The Balaban J connectivity index is 0.00000385. The maximum Gasteiger partial charge on any atom is 0.309 e. The molecule has 0 radical (unpaired) electrons. The van der Waals surface area contributed by atoms with Crippen molar-refractivity contribution in [2.75, 3.05) is 26.2 Å². The predicted molar refractivity (Wildman–Crippen MR) is 143 cm³/mol. The summed E-state index contributed by atoms with van der Waals surface area (Å²) < 4.78 is 11.0. The monoisotopic (exact) mass is 565 g/mol. The van der Waals surface area contributed by atoms with Crippen LogP contribution in [-0.2, 0) is 34.0 Å². The number of guanidine groups is 1. The average molecular weight is 565 g/mol. The number of benzene rings is 2. The first kappa shape index (κ1) is 27.1. The van der Waals surface area contributed by atoms with E-state index in [0.29, 0.717) is 26.4 Å². The number of halogens is 1. The molecule has 0 amide bonds. The molecule has 180 valence electrons. The van der Waals surface area contributed by atoms with E-state index in [2.05, 4.69) is 53.5 Å². The number of rotatable bonds is 9.